The fourth-order valence-electron chi connectivity index (χ4n) is 5.41. The van der Waals surface area contributed by atoms with Gasteiger partial charge in [0.05, 0.1) is 19.9 Å². The molecule has 7 nitrogen and oxygen atoms in total. The molecule has 5 rings (SSSR count). The third kappa shape index (κ3) is 5.15. The standard InChI is InChI=1S/C32H31F2N3O4/c1-19-8-5-9-21(15-14-19)30-35-20(2)27(32(39)37(30)29-25(40-3)12-7-13-26(29)41-4)31(38)36-17-16-22(18-36)28-23(33)10-6-11-24(28)34/h5-8,10-15,22,39H,2,9,16-18H2,1,3-4H3. The van der Waals surface area contributed by atoms with Crippen LogP contribution in [0.2, 0.25) is 0 Å². The average molecular weight is 560 g/mol. The van der Waals surface area contributed by atoms with Gasteiger partial charge in [-0.05, 0) is 49.6 Å². The lowest BCUT2D eigenvalue weighted by molar-refractivity contribution is -0.126. The lowest BCUT2D eigenvalue weighted by Gasteiger charge is -2.34. The first-order valence-corrected chi connectivity index (χ1v) is 13.2. The van der Waals surface area contributed by atoms with Crippen LogP contribution in [0, 0.1) is 11.6 Å². The van der Waals surface area contributed by atoms with Crippen LogP contribution < -0.4 is 14.4 Å². The van der Waals surface area contributed by atoms with Crippen molar-refractivity contribution in [2.24, 2.45) is 4.99 Å². The molecule has 0 radical (unpaired) electrons. The van der Waals surface area contributed by atoms with Crippen LogP contribution in [0.3, 0.4) is 0 Å². The summed E-state index contributed by atoms with van der Waals surface area (Å²) in [5.74, 6) is -1.63. The molecule has 2 aromatic rings. The van der Waals surface area contributed by atoms with Gasteiger partial charge in [-0.25, -0.2) is 13.8 Å². The van der Waals surface area contributed by atoms with Crippen molar-refractivity contribution >= 4 is 17.4 Å². The topological polar surface area (TPSA) is 74.6 Å². The Balaban J connectivity index is 1.58. The van der Waals surface area contributed by atoms with Gasteiger partial charge in [0.1, 0.15) is 40.2 Å². The second-order valence-electron chi connectivity index (χ2n) is 10.0. The number of hydrogen-bond acceptors (Lipinski definition) is 6. The predicted octanol–water partition coefficient (Wildman–Crippen LogP) is 6.33. The van der Waals surface area contributed by atoms with E-state index in [0.29, 0.717) is 35.9 Å². The Morgan fingerprint density at radius 1 is 1.07 bits per heavy atom. The third-order valence-electron chi connectivity index (χ3n) is 7.45. The number of hydrogen-bond donors (Lipinski definition) is 1. The number of amidine groups is 1. The summed E-state index contributed by atoms with van der Waals surface area (Å²) >= 11 is 0. The van der Waals surface area contributed by atoms with Gasteiger partial charge < -0.3 is 19.5 Å². The zero-order valence-electron chi connectivity index (χ0n) is 23.2. The van der Waals surface area contributed by atoms with Gasteiger partial charge in [0.15, 0.2) is 0 Å². The van der Waals surface area contributed by atoms with Gasteiger partial charge in [-0.3, -0.25) is 9.69 Å². The molecule has 41 heavy (non-hydrogen) atoms. The number of para-hydroxylation sites is 1. The second kappa shape index (κ2) is 11.4. The highest BCUT2D eigenvalue weighted by Crippen LogP contribution is 2.44. The normalized spacial score (nSPS) is 19.1. The molecular weight excluding hydrogens is 528 g/mol. The fourth-order valence-corrected chi connectivity index (χ4v) is 5.41. The number of allylic oxidation sites excluding steroid dienone is 5. The van der Waals surface area contributed by atoms with Crippen LogP contribution in [0.4, 0.5) is 14.5 Å². The number of anilines is 1. The molecule has 9 heteroatoms. The Bertz CT molecular complexity index is 1530. The summed E-state index contributed by atoms with van der Waals surface area (Å²) < 4.78 is 40.2. The first-order chi connectivity index (χ1) is 19.7. The number of halogens is 2. The van der Waals surface area contributed by atoms with Gasteiger partial charge >= 0.3 is 0 Å². The minimum Gasteiger partial charge on any atom is -0.494 e. The van der Waals surface area contributed by atoms with Gasteiger partial charge in [-0.1, -0.05) is 48.6 Å². The summed E-state index contributed by atoms with van der Waals surface area (Å²) in [7, 11) is 2.99. The van der Waals surface area contributed by atoms with E-state index in [1.54, 1.807) is 18.2 Å². The highest BCUT2D eigenvalue weighted by molar-refractivity contribution is 6.17. The largest absolute Gasteiger partial charge is 0.494 e. The number of amides is 1. The Kier molecular flexibility index (Phi) is 7.79. The van der Waals surface area contributed by atoms with Crippen molar-refractivity contribution < 1.29 is 28.2 Å². The number of methoxy groups -OCH3 is 2. The quantitative estimate of drug-likeness (QED) is 0.448. The number of carbonyl (C=O) groups is 1. The first-order valence-electron chi connectivity index (χ1n) is 13.2. The maximum atomic E-state index is 14.5. The molecule has 1 amide bonds. The molecule has 0 saturated carbocycles. The van der Waals surface area contributed by atoms with Gasteiger partial charge in [0, 0.05) is 24.6 Å². The molecule has 2 aliphatic heterocycles. The summed E-state index contributed by atoms with van der Waals surface area (Å²) in [5.41, 5.74) is 2.08. The number of ether oxygens (including phenoxy) is 2. The van der Waals surface area contributed by atoms with E-state index in [0.717, 1.165) is 11.1 Å². The molecule has 1 atom stereocenters. The summed E-state index contributed by atoms with van der Waals surface area (Å²) in [6.45, 7) is 6.32. The molecule has 1 fully saturated rings. The second-order valence-corrected chi connectivity index (χ2v) is 10.0. The number of rotatable bonds is 6. The summed E-state index contributed by atoms with van der Waals surface area (Å²) in [6, 6.07) is 8.92. The minimum absolute atomic E-state index is 0.0409. The van der Waals surface area contributed by atoms with Gasteiger partial charge in [-0.2, -0.15) is 0 Å². The van der Waals surface area contributed by atoms with Crippen LogP contribution in [0.1, 0.15) is 31.2 Å². The number of aliphatic imine (C=N–C) groups is 1. The Morgan fingerprint density at radius 3 is 2.39 bits per heavy atom. The van der Waals surface area contributed by atoms with Gasteiger partial charge in [0.2, 0.25) is 5.88 Å². The number of aliphatic hydroxyl groups is 1. The van der Waals surface area contributed by atoms with E-state index in [4.69, 9.17) is 14.5 Å². The van der Waals surface area contributed by atoms with Crippen molar-refractivity contribution in [1.29, 1.82) is 0 Å². The van der Waals surface area contributed by atoms with E-state index in [9.17, 15) is 18.7 Å². The Hall–Kier alpha value is -4.66. The maximum absolute atomic E-state index is 14.5. The van der Waals surface area contributed by atoms with Crippen LogP contribution in [0.5, 0.6) is 11.5 Å². The zero-order chi connectivity index (χ0) is 29.3. The molecule has 2 aromatic carbocycles. The number of benzene rings is 2. The van der Waals surface area contributed by atoms with E-state index in [1.165, 1.54) is 42.2 Å². The molecular formula is C32H31F2N3O4. The molecule has 3 aliphatic rings. The molecule has 212 valence electrons. The Morgan fingerprint density at radius 2 is 1.73 bits per heavy atom. The molecule has 1 aliphatic carbocycles. The third-order valence-corrected chi connectivity index (χ3v) is 7.45. The van der Waals surface area contributed by atoms with E-state index in [2.05, 4.69) is 6.58 Å². The van der Waals surface area contributed by atoms with Crippen LogP contribution in [0.15, 0.2) is 101 Å². The van der Waals surface area contributed by atoms with E-state index >= 15 is 0 Å². The maximum Gasteiger partial charge on any atom is 0.261 e. The number of carbonyl (C=O) groups excluding carboxylic acids is 1. The lowest BCUT2D eigenvalue weighted by Crippen LogP contribution is -2.40. The van der Waals surface area contributed by atoms with Crippen molar-refractivity contribution in [3.05, 3.63) is 113 Å². The van der Waals surface area contributed by atoms with Gasteiger partial charge in [0.25, 0.3) is 5.91 Å². The van der Waals surface area contributed by atoms with Crippen molar-refractivity contribution in [1.82, 2.24) is 4.90 Å². The predicted molar refractivity (Wildman–Crippen MR) is 154 cm³/mol. The van der Waals surface area contributed by atoms with Crippen LogP contribution >= 0.6 is 0 Å². The summed E-state index contributed by atoms with van der Waals surface area (Å²) in [6.07, 6.45) is 8.70. The van der Waals surface area contributed by atoms with E-state index in [1.807, 2.05) is 31.2 Å². The number of likely N-dealkylation sites (tertiary alicyclic amines) is 1. The average Bonchev–Trinajstić information content (AvgIpc) is 3.33. The first kappa shape index (κ1) is 27.9. The van der Waals surface area contributed by atoms with Crippen LogP contribution in [0.25, 0.3) is 0 Å². The van der Waals surface area contributed by atoms with E-state index in [-0.39, 0.29) is 29.9 Å². The van der Waals surface area contributed by atoms with Crippen LogP contribution in [-0.2, 0) is 4.79 Å². The molecule has 0 bridgehead atoms. The Labute approximate surface area is 237 Å². The number of nitrogens with zero attached hydrogens (tertiary/aromatic N) is 3. The molecule has 2 heterocycles. The van der Waals surface area contributed by atoms with Crippen molar-refractivity contribution in [3.8, 4) is 11.5 Å². The number of aliphatic hydroxyl groups excluding tert-OH is 1. The minimum atomic E-state index is -0.646. The summed E-state index contributed by atoms with van der Waals surface area (Å²) in [5, 5.41) is 11.8. The SMILES string of the molecule is C=C1N=C(C2=CC=C(C)C=CC2)N(c2c(OC)cccc2OC)C(O)=C1C(=O)N1CCC(c2c(F)cccc2F)C1. The smallest absolute Gasteiger partial charge is 0.261 e. The van der Waals surface area contributed by atoms with Crippen molar-refractivity contribution in [2.45, 2.75) is 25.7 Å². The highest BCUT2D eigenvalue weighted by Gasteiger charge is 2.39. The van der Waals surface area contributed by atoms with Crippen molar-refractivity contribution in [2.75, 3.05) is 32.2 Å². The fraction of sp³-hybridized carbons (Fsp3) is 0.250. The zero-order valence-corrected chi connectivity index (χ0v) is 23.2. The monoisotopic (exact) mass is 559 g/mol. The van der Waals surface area contributed by atoms with Crippen molar-refractivity contribution in [3.63, 3.8) is 0 Å². The highest BCUT2D eigenvalue weighted by atomic mass is 19.1. The van der Waals surface area contributed by atoms with Gasteiger partial charge in [-0.15, -0.1) is 0 Å². The molecule has 1 N–H and O–H groups in total. The van der Waals surface area contributed by atoms with Crippen LogP contribution in [-0.4, -0.2) is 49.1 Å². The van der Waals surface area contributed by atoms with E-state index < -0.39 is 29.3 Å². The molecule has 0 spiro atoms. The molecule has 0 aromatic heterocycles. The lowest BCUT2D eigenvalue weighted by atomic mass is 9.97. The molecule has 1 saturated heterocycles. The summed E-state index contributed by atoms with van der Waals surface area (Å²) in [4.78, 5) is 21.5. The molecule has 1 unspecified atom stereocenters.